The third-order valence-electron chi connectivity index (χ3n) is 3.84. The van der Waals surface area contributed by atoms with Gasteiger partial charge in [0.25, 0.3) is 0 Å². The van der Waals surface area contributed by atoms with E-state index < -0.39 is 6.04 Å². The van der Waals surface area contributed by atoms with Gasteiger partial charge >= 0.3 is 0 Å². The first kappa shape index (κ1) is 20.0. The molecule has 0 saturated heterocycles. The molecule has 0 aliphatic rings. The summed E-state index contributed by atoms with van der Waals surface area (Å²) in [6.45, 7) is 3.66. The van der Waals surface area contributed by atoms with Crippen LogP contribution in [0.25, 0.3) is 10.6 Å². The van der Waals surface area contributed by atoms with Gasteiger partial charge in [0.2, 0.25) is 16.9 Å². The van der Waals surface area contributed by atoms with Crippen LogP contribution in [0, 0.1) is 6.92 Å². The van der Waals surface area contributed by atoms with E-state index in [1.807, 2.05) is 61.5 Å². The van der Waals surface area contributed by atoms with Crippen molar-refractivity contribution in [2.75, 3.05) is 11.1 Å². The van der Waals surface area contributed by atoms with Crippen LogP contribution in [0.4, 0.5) is 5.13 Å². The Morgan fingerprint density at radius 1 is 1.07 bits per heavy atom. The maximum absolute atomic E-state index is 12.3. The highest BCUT2D eigenvalue weighted by Crippen LogP contribution is 2.26. The van der Waals surface area contributed by atoms with Crippen molar-refractivity contribution in [2.24, 2.45) is 0 Å². The van der Waals surface area contributed by atoms with E-state index in [9.17, 15) is 9.59 Å². The van der Waals surface area contributed by atoms with Gasteiger partial charge in [-0.15, -0.1) is 22.0 Å². The number of benzene rings is 2. The first-order valence-corrected chi connectivity index (χ1v) is 10.5. The van der Waals surface area contributed by atoms with Crippen LogP contribution in [0.1, 0.15) is 12.5 Å². The van der Waals surface area contributed by atoms with E-state index in [0.29, 0.717) is 5.13 Å². The summed E-state index contributed by atoms with van der Waals surface area (Å²) in [6.07, 6.45) is 0. The van der Waals surface area contributed by atoms with Crippen molar-refractivity contribution in [1.82, 2.24) is 15.5 Å². The zero-order valence-corrected chi connectivity index (χ0v) is 17.1. The second-order valence-electron chi connectivity index (χ2n) is 6.16. The van der Waals surface area contributed by atoms with E-state index >= 15 is 0 Å². The molecule has 0 fully saturated rings. The minimum Gasteiger partial charge on any atom is -0.344 e. The highest BCUT2D eigenvalue weighted by atomic mass is 32.2. The quantitative estimate of drug-likeness (QED) is 0.578. The SMILES string of the molecule is Cc1ccc(-c2nnc(NC(=O)C(C)NC(=O)CSc3ccccc3)s2)cc1. The molecule has 0 bridgehead atoms. The van der Waals surface area contributed by atoms with Gasteiger partial charge in [-0.2, -0.15) is 0 Å². The van der Waals surface area contributed by atoms with Crippen LogP contribution in [0.3, 0.4) is 0 Å². The lowest BCUT2D eigenvalue weighted by Gasteiger charge is -2.12. The number of hydrogen-bond acceptors (Lipinski definition) is 6. The van der Waals surface area contributed by atoms with E-state index in [1.54, 1.807) is 6.92 Å². The second-order valence-corrected chi connectivity index (χ2v) is 8.18. The minimum absolute atomic E-state index is 0.200. The number of hydrogen-bond donors (Lipinski definition) is 2. The number of carbonyl (C=O) groups excluding carboxylic acids is 2. The Balaban J connectivity index is 1.50. The fourth-order valence-electron chi connectivity index (χ4n) is 2.31. The van der Waals surface area contributed by atoms with Crippen LogP contribution in [0.15, 0.2) is 59.5 Å². The third-order valence-corrected chi connectivity index (χ3v) is 5.74. The van der Waals surface area contributed by atoms with E-state index in [4.69, 9.17) is 0 Å². The second kappa shape index (κ2) is 9.48. The standard InChI is InChI=1S/C20H20N4O2S2/c1-13-8-10-15(11-9-13)19-23-24-20(28-19)22-18(26)14(2)21-17(25)12-27-16-6-4-3-5-7-16/h3-11,14H,12H2,1-2H3,(H,21,25)(H,22,24,26). The molecule has 28 heavy (non-hydrogen) atoms. The van der Waals surface area contributed by atoms with Crippen molar-refractivity contribution in [3.8, 4) is 10.6 Å². The fraction of sp³-hybridized carbons (Fsp3) is 0.200. The van der Waals surface area contributed by atoms with Crippen molar-refractivity contribution < 1.29 is 9.59 Å². The lowest BCUT2D eigenvalue weighted by Crippen LogP contribution is -2.42. The van der Waals surface area contributed by atoms with Crippen LogP contribution in [0.5, 0.6) is 0 Å². The van der Waals surface area contributed by atoms with Crippen LogP contribution in [-0.4, -0.2) is 33.8 Å². The number of anilines is 1. The number of nitrogens with one attached hydrogen (secondary N) is 2. The molecule has 1 heterocycles. The predicted octanol–water partition coefficient (Wildman–Crippen LogP) is 3.75. The molecule has 6 nitrogen and oxygen atoms in total. The molecule has 2 N–H and O–H groups in total. The molecule has 3 rings (SSSR count). The Hall–Kier alpha value is -2.71. The molecule has 8 heteroatoms. The number of nitrogens with zero attached hydrogens (tertiary/aromatic N) is 2. The molecule has 2 aromatic carbocycles. The molecule has 0 saturated carbocycles. The Morgan fingerprint density at radius 3 is 2.50 bits per heavy atom. The molecule has 0 aliphatic carbocycles. The topological polar surface area (TPSA) is 84.0 Å². The average Bonchev–Trinajstić information content (AvgIpc) is 3.16. The molecule has 2 amide bonds. The van der Waals surface area contributed by atoms with Gasteiger partial charge in [0.05, 0.1) is 5.75 Å². The first-order valence-electron chi connectivity index (χ1n) is 8.70. The molecule has 0 radical (unpaired) electrons. The van der Waals surface area contributed by atoms with Gasteiger partial charge in [-0.25, -0.2) is 0 Å². The number of aromatic nitrogens is 2. The number of aryl methyl sites for hydroxylation is 1. The molecule has 1 atom stereocenters. The highest BCUT2D eigenvalue weighted by Gasteiger charge is 2.18. The van der Waals surface area contributed by atoms with Crippen molar-refractivity contribution in [1.29, 1.82) is 0 Å². The summed E-state index contributed by atoms with van der Waals surface area (Å²) in [4.78, 5) is 25.4. The van der Waals surface area contributed by atoms with E-state index in [0.717, 1.165) is 21.0 Å². The van der Waals surface area contributed by atoms with E-state index in [-0.39, 0.29) is 17.6 Å². The van der Waals surface area contributed by atoms with Gasteiger partial charge < -0.3 is 5.32 Å². The lowest BCUT2D eigenvalue weighted by atomic mass is 10.2. The summed E-state index contributed by atoms with van der Waals surface area (Å²) >= 11 is 2.72. The number of thioether (sulfide) groups is 1. The summed E-state index contributed by atoms with van der Waals surface area (Å²) in [6, 6.07) is 16.9. The Labute approximate surface area is 171 Å². The summed E-state index contributed by atoms with van der Waals surface area (Å²) < 4.78 is 0. The van der Waals surface area contributed by atoms with Crippen LogP contribution in [0.2, 0.25) is 0 Å². The van der Waals surface area contributed by atoms with E-state index in [2.05, 4.69) is 20.8 Å². The fourth-order valence-corrected chi connectivity index (χ4v) is 3.80. The molecule has 0 aliphatic heterocycles. The molecule has 1 unspecified atom stereocenters. The van der Waals surface area contributed by atoms with Crippen molar-refractivity contribution >= 4 is 40.0 Å². The van der Waals surface area contributed by atoms with Crippen molar-refractivity contribution in [3.63, 3.8) is 0 Å². The third kappa shape index (κ3) is 5.64. The monoisotopic (exact) mass is 412 g/mol. The summed E-state index contributed by atoms with van der Waals surface area (Å²) in [5.41, 5.74) is 2.11. The van der Waals surface area contributed by atoms with Crippen molar-refractivity contribution in [3.05, 3.63) is 60.2 Å². The van der Waals surface area contributed by atoms with Gasteiger partial charge in [-0.05, 0) is 26.0 Å². The van der Waals surface area contributed by atoms with Gasteiger partial charge in [0.15, 0.2) is 0 Å². The van der Waals surface area contributed by atoms with Gasteiger partial charge in [-0.3, -0.25) is 14.9 Å². The van der Waals surface area contributed by atoms with Crippen LogP contribution >= 0.6 is 23.1 Å². The highest BCUT2D eigenvalue weighted by molar-refractivity contribution is 8.00. The first-order chi connectivity index (χ1) is 13.5. The Morgan fingerprint density at radius 2 is 1.79 bits per heavy atom. The molecular formula is C20H20N4O2S2. The molecule has 144 valence electrons. The van der Waals surface area contributed by atoms with Crippen LogP contribution in [-0.2, 0) is 9.59 Å². The number of amides is 2. The van der Waals surface area contributed by atoms with E-state index in [1.165, 1.54) is 23.1 Å². The maximum atomic E-state index is 12.3. The Kier molecular flexibility index (Phi) is 6.78. The molecular weight excluding hydrogens is 392 g/mol. The van der Waals surface area contributed by atoms with Gasteiger partial charge in [-0.1, -0.05) is 59.4 Å². The normalized spacial score (nSPS) is 11.6. The maximum Gasteiger partial charge on any atom is 0.248 e. The van der Waals surface area contributed by atoms with Crippen LogP contribution < -0.4 is 10.6 Å². The summed E-state index contributed by atoms with van der Waals surface area (Å²) in [5, 5.41) is 14.7. The minimum atomic E-state index is -0.671. The van der Waals surface area contributed by atoms with Gasteiger partial charge in [0, 0.05) is 10.5 Å². The summed E-state index contributed by atoms with van der Waals surface area (Å²) in [5.74, 6) is -0.281. The molecule has 0 spiro atoms. The largest absolute Gasteiger partial charge is 0.344 e. The number of rotatable bonds is 7. The molecule has 1 aromatic heterocycles. The molecule has 3 aromatic rings. The Bertz CT molecular complexity index is 942. The van der Waals surface area contributed by atoms with Crippen molar-refractivity contribution in [2.45, 2.75) is 24.8 Å². The lowest BCUT2D eigenvalue weighted by molar-refractivity contribution is -0.124. The van der Waals surface area contributed by atoms with Gasteiger partial charge in [0.1, 0.15) is 11.0 Å². The smallest absolute Gasteiger partial charge is 0.248 e. The zero-order chi connectivity index (χ0) is 19.9. The number of carbonyl (C=O) groups is 2. The zero-order valence-electron chi connectivity index (χ0n) is 15.5. The average molecular weight is 413 g/mol. The summed E-state index contributed by atoms with van der Waals surface area (Å²) in [7, 11) is 0. The predicted molar refractivity (Wildman–Crippen MR) is 113 cm³/mol.